The van der Waals surface area contributed by atoms with E-state index in [1.54, 1.807) is 0 Å². The zero-order valence-electron chi connectivity index (χ0n) is 9.05. The summed E-state index contributed by atoms with van der Waals surface area (Å²) in [7, 11) is 0. The standard InChI is InChI=1S/C9H16F3N3O/c1-6-4-15(3-2-7(6)13)8(16)14-5-9(10,11)12/h6-7H,2-5,13H2,1H3,(H,14,16). The highest BCUT2D eigenvalue weighted by Crippen LogP contribution is 2.16. The first-order valence-corrected chi connectivity index (χ1v) is 5.14. The Hall–Kier alpha value is -0.980. The van der Waals surface area contributed by atoms with Gasteiger partial charge in [0.25, 0.3) is 0 Å². The van der Waals surface area contributed by atoms with Crippen LogP contribution in [-0.2, 0) is 0 Å². The molecule has 4 nitrogen and oxygen atoms in total. The number of carbonyl (C=O) groups excluding carboxylic acids is 1. The summed E-state index contributed by atoms with van der Waals surface area (Å²) in [6, 6.07) is -0.650. The van der Waals surface area contributed by atoms with Gasteiger partial charge in [-0.05, 0) is 12.3 Å². The van der Waals surface area contributed by atoms with E-state index in [-0.39, 0.29) is 12.0 Å². The van der Waals surface area contributed by atoms with E-state index in [0.29, 0.717) is 19.5 Å². The van der Waals surface area contributed by atoms with E-state index in [1.165, 1.54) is 4.90 Å². The number of likely N-dealkylation sites (tertiary alicyclic amines) is 1. The highest BCUT2D eigenvalue weighted by Gasteiger charge is 2.31. The normalized spacial score (nSPS) is 26.7. The van der Waals surface area contributed by atoms with E-state index >= 15 is 0 Å². The lowest BCUT2D eigenvalue weighted by Crippen LogP contribution is -2.52. The summed E-state index contributed by atoms with van der Waals surface area (Å²) in [4.78, 5) is 12.7. The maximum Gasteiger partial charge on any atom is 0.405 e. The molecule has 1 rings (SSSR count). The zero-order valence-corrected chi connectivity index (χ0v) is 9.05. The molecular weight excluding hydrogens is 223 g/mol. The van der Waals surface area contributed by atoms with Gasteiger partial charge in [-0.3, -0.25) is 0 Å². The summed E-state index contributed by atoms with van der Waals surface area (Å²) in [6.07, 6.45) is -3.74. The molecule has 1 aliphatic heterocycles. The van der Waals surface area contributed by atoms with Crippen molar-refractivity contribution in [1.29, 1.82) is 0 Å². The number of urea groups is 1. The van der Waals surface area contributed by atoms with Crippen LogP contribution in [0.1, 0.15) is 13.3 Å². The molecule has 0 aromatic carbocycles. The number of piperidine rings is 1. The van der Waals surface area contributed by atoms with Crippen molar-refractivity contribution in [1.82, 2.24) is 10.2 Å². The minimum absolute atomic E-state index is 0.0201. The third-order valence-electron chi connectivity index (χ3n) is 2.70. The van der Waals surface area contributed by atoms with Gasteiger partial charge in [0, 0.05) is 19.1 Å². The zero-order chi connectivity index (χ0) is 12.3. The van der Waals surface area contributed by atoms with Crippen LogP contribution in [0.3, 0.4) is 0 Å². The van der Waals surface area contributed by atoms with Crippen LogP contribution < -0.4 is 11.1 Å². The summed E-state index contributed by atoms with van der Waals surface area (Å²) in [5.74, 6) is 0.116. The number of rotatable bonds is 1. The first-order chi connectivity index (χ1) is 7.29. The first kappa shape index (κ1) is 13.1. The Morgan fingerprint density at radius 2 is 2.19 bits per heavy atom. The SMILES string of the molecule is CC1CN(C(=O)NCC(F)(F)F)CCC1N. The second-order valence-electron chi connectivity index (χ2n) is 4.15. The van der Waals surface area contributed by atoms with Gasteiger partial charge in [0.1, 0.15) is 6.54 Å². The van der Waals surface area contributed by atoms with Gasteiger partial charge in [0.15, 0.2) is 0 Å². The van der Waals surface area contributed by atoms with Gasteiger partial charge in [-0.2, -0.15) is 13.2 Å². The Balaban J connectivity index is 2.38. The van der Waals surface area contributed by atoms with Gasteiger partial charge in [-0.25, -0.2) is 4.79 Å². The average molecular weight is 239 g/mol. The molecule has 0 aliphatic carbocycles. The van der Waals surface area contributed by atoms with E-state index in [1.807, 2.05) is 12.2 Å². The number of nitrogens with one attached hydrogen (secondary N) is 1. The van der Waals surface area contributed by atoms with Gasteiger partial charge >= 0.3 is 12.2 Å². The fourth-order valence-corrected chi connectivity index (χ4v) is 1.64. The third-order valence-corrected chi connectivity index (χ3v) is 2.70. The predicted molar refractivity (Wildman–Crippen MR) is 52.8 cm³/mol. The number of alkyl halides is 3. The van der Waals surface area contributed by atoms with Crippen molar-refractivity contribution in [3.63, 3.8) is 0 Å². The molecule has 3 N–H and O–H groups in total. The maximum atomic E-state index is 11.9. The molecule has 1 heterocycles. The highest BCUT2D eigenvalue weighted by molar-refractivity contribution is 5.74. The number of nitrogens with zero attached hydrogens (tertiary/aromatic N) is 1. The number of amides is 2. The Kier molecular flexibility index (Phi) is 4.01. The molecule has 0 aromatic heterocycles. The molecule has 1 saturated heterocycles. The van der Waals surface area contributed by atoms with Crippen molar-refractivity contribution >= 4 is 6.03 Å². The van der Waals surface area contributed by atoms with Crippen LogP contribution in [0.5, 0.6) is 0 Å². The summed E-state index contributed by atoms with van der Waals surface area (Å²) < 4.78 is 35.6. The summed E-state index contributed by atoms with van der Waals surface area (Å²) in [5.41, 5.74) is 5.75. The highest BCUT2D eigenvalue weighted by atomic mass is 19.4. The largest absolute Gasteiger partial charge is 0.405 e. The number of hydrogen-bond donors (Lipinski definition) is 2. The van der Waals surface area contributed by atoms with Crippen molar-refractivity contribution < 1.29 is 18.0 Å². The van der Waals surface area contributed by atoms with Gasteiger partial charge in [-0.15, -0.1) is 0 Å². The first-order valence-electron chi connectivity index (χ1n) is 5.14. The van der Waals surface area contributed by atoms with E-state index < -0.39 is 18.8 Å². The summed E-state index contributed by atoms with van der Waals surface area (Å²) in [5, 5.41) is 1.85. The summed E-state index contributed by atoms with van der Waals surface area (Å²) in [6.45, 7) is 1.41. The Bertz CT molecular complexity index is 257. The molecule has 1 aliphatic rings. The lowest BCUT2D eigenvalue weighted by atomic mass is 9.95. The number of halogens is 3. The van der Waals surface area contributed by atoms with Crippen LogP contribution in [0, 0.1) is 5.92 Å². The average Bonchev–Trinajstić information content (AvgIpc) is 2.17. The smallest absolute Gasteiger partial charge is 0.329 e. The fourth-order valence-electron chi connectivity index (χ4n) is 1.64. The van der Waals surface area contributed by atoms with E-state index in [2.05, 4.69) is 0 Å². The quantitative estimate of drug-likeness (QED) is 0.715. The molecule has 16 heavy (non-hydrogen) atoms. The fraction of sp³-hybridized carbons (Fsp3) is 0.889. The van der Waals surface area contributed by atoms with Gasteiger partial charge in [0.05, 0.1) is 0 Å². The van der Waals surface area contributed by atoms with E-state index in [4.69, 9.17) is 5.73 Å². The molecule has 0 aromatic rings. The lowest BCUT2D eigenvalue weighted by molar-refractivity contribution is -0.123. The molecule has 0 saturated carbocycles. The van der Waals surface area contributed by atoms with Crippen molar-refractivity contribution in [2.45, 2.75) is 25.6 Å². The number of carbonyl (C=O) groups is 1. The predicted octanol–water partition coefficient (Wildman–Crippen LogP) is 0.927. The van der Waals surface area contributed by atoms with E-state index in [9.17, 15) is 18.0 Å². The van der Waals surface area contributed by atoms with Gasteiger partial charge < -0.3 is 16.0 Å². The molecule has 1 fully saturated rings. The topological polar surface area (TPSA) is 58.4 Å². The number of nitrogens with two attached hydrogens (primary N) is 1. The maximum absolute atomic E-state index is 11.9. The molecule has 2 atom stereocenters. The molecule has 0 spiro atoms. The van der Waals surface area contributed by atoms with Crippen molar-refractivity contribution in [3.8, 4) is 0 Å². The van der Waals surface area contributed by atoms with Crippen LogP contribution in [0.15, 0.2) is 0 Å². The second-order valence-corrected chi connectivity index (χ2v) is 4.15. The van der Waals surface area contributed by atoms with Crippen LogP contribution in [-0.4, -0.2) is 42.8 Å². The minimum Gasteiger partial charge on any atom is -0.329 e. The monoisotopic (exact) mass is 239 g/mol. The molecule has 94 valence electrons. The van der Waals surface area contributed by atoms with Crippen LogP contribution >= 0.6 is 0 Å². The van der Waals surface area contributed by atoms with Gasteiger partial charge in [-0.1, -0.05) is 6.92 Å². The lowest BCUT2D eigenvalue weighted by Gasteiger charge is -2.35. The Labute approximate surface area is 92.0 Å². The van der Waals surface area contributed by atoms with Gasteiger partial charge in [0.2, 0.25) is 0 Å². The van der Waals surface area contributed by atoms with E-state index in [0.717, 1.165) is 0 Å². The van der Waals surface area contributed by atoms with Crippen molar-refractivity contribution in [3.05, 3.63) is 0 Å². The summed E-state index contributed by atoms with van der Waals surface area (Å²) >= 11 is 0. The van der Waals surface area contributed by atoms with Crippen LogP contribution in [0.2, 0.25) is 0 Å². The van der Waals surface area contributed by atoms with Crippen molar-refractivity contribution in [2.24, 2.45) is 11.7 Å². The second kappa shape index (κ2) is 4.90. The number of hydrogen-bond acceptors (Lipinski definition) is 2. The molecule has 0 radical (unpaired) electrons. The minimum atomic E-state index is -4.37. The molecule has 2 unspecified atom stereocenters. The third kappa shape index (κ3) is 3.88. The van der Waals surface area contributed by atoms with Crippen LogP contribution in [0.4, 0.5) is 18.0 Å². The molecular formula is C9H16F3N3O. The Morgan fingerprint density at radius 3 is 2.69 bits per heavy atom. The van der Waals surface area contributed by atoms with Crippen molar-refractivity contribution in [2.75, 3.05) is 19.6 Å². The molecule has 0 bridgehead atoms. The van der Waals surface area contributed by atoms with Crippen LogP contribution in [0.25, 0.3) is 0 Å². The molecule has 2 amide bonds. The molecule has 7 heteroatoms. The Morgan fingerprint density at radius 1 is 1.56 bits per heavy atom.